The van der Waals surface area contributed by atoms with Crippen molar-refractivity contribution < 1.29 is 14.3 Å². The molecule has 0 aromatic heterocycles. The molecule has 0 unspecified atom stereocenters. The third-order valence-corrected chi connectivity index (χ3v) is 4.83. The first-order chi connectivity index (χ1) is 13.7. The number of rotatable bonds is 5. The van der Waals surface area contributed by atoms with E-state index >= 15 is 0 Å². The fourth-order valence-corrected chi connectivity index (χ4v) is 3.31. The van der Waals surface area contributed by atoms with Crippen molar-refractivity contribution in [1.29, 1.82) is 0 Å². The Morgan fingerprint density at radius 3 is 2.50 bits per heavy atom. The van der Waals surface area contributed by atoms with Crippen molar-refractivity contribution in [2.75, 3.05) is 25.5 Å². The van der Waals surface area contributed by atoms with Gasteiger partial charge in [0.05, 0.1) is 12.7 Å². The van der Waals surface area contributed by atoms with E-state index in [2.05, 4.69) is 5.32 Å². The molecule has 5 nitrogen and oxygen atoms in total. The van der Waals surface area contributed by atoms with E-state index in [0.29, 0.717) is 17.0 Å². The van der Waals surface area contributed by atoms with E-state index in [0.717, 1.165) is 31.5 Å². The Bertz CT molecular complexity index is 852. The fraction of sp³-hybridized carbons (Fsp3) is 0.304. The smallest absolute Gasteiger partial charge is 0.259 e. The molecule has 146 valence electrons. The molecule has 1 saturated heterocycles. The molecule has 1 aliphatic heterocycles. The lowest BCUT2D eigenvalue weighted by Gasteiger charge is -2.18. The van der Waals surface area contributed by atoms with Crippen LogP contribution in [0.15, 0.2) is 54.6 Å². The minimum atomic E-state index is -0.237. The third kappa shape index (κ3) is 5.22. The number of hydrogen-bond donors (Lipinski definition) is 1. The molecule has 2 amide bonds. The van der Waals surface area contributed by atoms with E-state index in [1.54, 1.807) is 37.5 Å². The van der Waals surface area contributed by atoms with Gasteiger partial charge < -0.3 is 15.0 Å². The van der Waals surface area contributed by atoms with Crippen molar-refractivity contribution >= 4 is 23.6 Å². The highest BCUT2D eigenvalue weighted by Crippen LogP contribution is 2.20. The van der Waals surface area contributed by atoms with Crippen molar-refractivity contribution in [3.05, 3.63) is 65.7 Å². The second-order valence-electron chi connectivity index (χ2n) is 6.85. The Kier molecular flexibility index (Phi) is 6.84. The second-order valence-corrected chi connectivity index (χ2v) is 6.85. The van der Waals surface area contributed by atoms with Gasteiger partial charge >= 0.3 is 0 Å². The zero-order chi connectivity index (χ0) is 19.8. The van der Waals surface area contributed by atoms with Crippen LogP contribution in [0.3, 0.4) is 0 Å². The summed E-state index contributed by atoms with van der Waals surface area (Å²) in [6.07, 6.45) is 7.95. The topological polar surface area (TPSA) is 58.6 Å². The van der Waals surface area contributed by atoms with E-state index in [1.807, 2.05) is 35.2 Å². The highest BCUT2D eigenvalue weighted by molar-refractivity contribution is 6.06. The van der Waals surface area contributed by atoms with Gasteiger partial charge in [-0.15, -0.1) is 0 Å². The average Bonchev–Trinajstić information content (AvgIpc) is 3.02. The molecule has 1 fully saturated rings. The molecule has 1 N–H and O–H groups in total. The standard InChI is InChI=1S/C23H26N2O3/c1-28-21-12-5-4-11-20(21)23(27)24-19-10-8-9-18(17-19)13-14-22(26)25-15-6-2-3-7-16-25/h4-5,8-14,17H,2-3,6-7,15-16H2,1H3,(H,24,27)/b14-13+. The van der Waals surface area contributed by atoms with Crippen LogP contribution in [0.2, 0.25) is 0 Å². The van der Waals surface area contributed by atoms with Crippen molar-refractivity contribution in [1.82, 2.24) is 4.90 Å². The first-order valence-electron chi connectivity index (χ1n) is 9.69. The number of amides is 2. The van der Waals surface area contributed by atoms with Gasteiger partial charge in [-0.2, -0.15) is 0 Å². The summed E-state index contributed by atoms with van der Waals surface area (Å²) in [7, 11) is 1.54. The number of methoxy groups -OCH3 is 1. The SMILES string of the molecule is COc1ccccc1C(=O)Nc1cccc(/C=C/C(=O)N2CCCCCC2)c1. The van der Waals surface area contributed by atoms with Gasteiger partial charge in [0.2, 0.25) is 5.91 Å². The zero-order valence-corrected chi connectivity index (χ0v) is 16.2. The van der Waals surface area contributed by atoms with Gasteiger partial charge in [-0.3, -0.25) is 9.59 Å². The Morgan fingerprint density at radius 2 is 1.75 bits per heavy atom. The minimum absolute atomic E-state index is 0.0466. The van der Waals surface area contributed by atoms with Crippen molar-refractivity contribution in [2.24, 2.45) is 0 Å². The maximum Gasteiger partial charge on any atom is 0.259 e. The summed E-state index contributed by atoms with van der Waals surface area (Å²) >= 11 is 0. The quantitative estimate of drug-likeness (QED) is 0.787. The van der Waals surface area contributed by atoms with Crippen molar-refractivity contribution in [2.45, 2.75) is 25.7 Å². The summed E-state index contributed by atoms with van der Waals surface area (Å²) in [6, 6.07) is 14.5. The van der Waals surface area contributed by atoms with E-state index in [1.165, 1.54) is 12.8 Å². The zero-order valence-electron chi connectivity index (χ0n) is 16.2. The number of hydrogen-bond acceptors (Lipinski definition) is 3. The lowest BCUT2D eigenvalue weighted by molar-refractivity contribution is -0.125. The van der Waals surface area contributed by atoms with Crippen LogP contribution in [0.1, 0.15) is 41.6 Å². The van der Waals surface area contributed by atoms with E-state index in [9.17, 15) is 9.59 Å². The summed E-state index contributed by atoms with van der Waals surface area (Å²) < 4.78 is 5.25. The monoisotopic (exact) mass is 378 g/mol. The molecule has 1 aliphatic rings. The Labute approximate surface area is 166 Å². The maximum absolute atomic E-state index is 12.5. The Morgan fingerprint density at radius 1 is 1.00 bits per heavy atom. The number of ether oxygens (including phenoxy) is 1. The summed E-state index contributed by atoms with van der Waals surface area (Å²) in [5, 5.41) is 2.88. The molecular formula is C23H26N2O3. The number of nitrogens with one attached hydrogen (secondary N) is 1. The summed E-state index contributed by atoms with van der Waals surface area (Å²) in [5.41, 5.74) is 2.00. The molecule has 1 heterocycles. The van der Waals surface area contributed by atoms with Crippen LogP contribution in [-0.2, 0) is 4.79 Å². The van der Waals surface area contributed by atoms with Gasteiger partial charge in [0.25, 0.3) is 5.91 Å². The van der Waals surface area contributed by atoms with E-state index in [-0.39, 0.29) is 11.8 Å². The minimum Gasteiger partial charge on any atom is -0.496 e. The molecule has 28 heavy (non-hydrogen) atoms. The lowest BCUT2D eigenvalue weighted by Crippen LogP contribution is -2.30. The van der Waals surface area contributed by atoms with Gasteiger partial charge in [0.15, 0.2) is 0 Å². The fourth-order valence-electron chi connectivity index (χ4n) is 3.31. The van der Waals surface area contributed by atoms with Gasteiger partial charge in [0.1, 0.15) is 5.75 Å². The van der Waals surface area contributed by atoms with Gasteiger partial charge in [0, 0.05) is 24.9 Å². The van der Waals surface area contributed by atoms with E-state index in [4.69, 9.17) is 4.74 Å². The molecule has 0 atom stereocenters. The molecule has 0 saturated carbocycles. The third-order valence-electron chi connectivity index (χ3n) is 4.83. The first-order valence-corrected chi connectivity index (χ1v) is 9.69. The highest BCUT2D eigenvalue weighted by Gasteiger charge is 2.13. The van der Waals surface area contributed by atoms with Gasteiger partial charge in [-0.1, -0.05) is 37.1 Å². The molecule has 2 aromatic rings. The largest absolute Gasteiger partial charge is 0.496 e. The highest BCUT2D eigenvalue weighted by atomic mass is 16.5. The van der Waals surface area contributed by atoms with Crippen LogP contribution in [-0.4, -0.2) is 36.9 Å². The van der Waals surface area contributed by atoms with Crippen LogP contribution in [0, 0.1) is 0 Å². The number of nitrogens with zero attached hydrogens (tertiary/aromatic N) is 1. The number of anilines is 1. The van der Waals surface area contributed by atoms with Crippen LogP contribution >= 0.6 is 0 Å². The summed E-state index contributed by atoms with van der Waals surface area (Å²) in [5.74, 6) is 0.337. The lowest BCUT2D eigenvalue weighted by atomic mass is 10.1. The molecule has 2 aromatic carbocycles. The second kappa shape index (κ2) is 9.74. The van der Waals surface area contributed by atoms with Crippen molar-refractivity contribution in [3.63, 3.8) is 0 Å². The van der Waals surface area contributed by atoms with Crippen LogP contribution < -0.4 is 10.1 Å². The molecule has 5 heteroatoms. The predicted molar refractivity (Wildman–Crippen MR) is 111 cm³/mol. The summed E-state index contributed by atoms with van der Waals surface area (Å²) in [6.45, 7) is 1.66. The molecule has 0 radical (unpaired) electrons. The van der Waals surface area contributed by atoms with Gasteiger partial charge in [-0.25, -0.2) is 0 Å². The predicted octanol–water partition coefficient (Wildman–Crippen LogP) is 4.36. The molecule has 0 spiro atoms. The van der Waals surface area contributed by atoms with Crippen LogP contribution in [0.5, 0.6) is 5.75 Å². The van der Waals surface area contributed by atoms with Crippen LogP contribution in [0.25, 0.3) is 6.08 Å². The Balaban J connectivity index is 1.66. The number of benzene rings is 2. The average molecular weight is 378 g/mol. The molecule has 0 bridgehead atoms. The number of para-hydroxylation sites is 1. The molecular weight excluding hydrogens is 352 g/mol. The van der Waals surface area contributed by atoms with Crippen LogP contribution in [0.4, 0.5) is 5.69 Å². The number of carbonyl (C=O) groups excluding carboxylic acids is 2. The molecule has 0 aliphatic carbocycles. The van der Waals surface area contributed by atoms with Crippen molar-refractivity contribution in [3.8, 4) is 5.75 Å². The Hall–Kier alpha value is -3.08. The maximum atomic E-state index is 12.5. The van der Waals surface area contributed by atoms with E-state index < -0.39 is 0 Å². The molecule has 3 rings (SSSR count). The summed E-state index contributed by atoms with van der Waals surface area (Å²) in [4.78, 5) is 26.9. The normalized spacial score (nSPS) is 14.5. The number of likely N-dealkylation sites (tertiary alicyclic amines) is 1. The number of carbonyl (C=O) groups is 2. The first kappa shape index (κ1) is 19.7. The van der Waals surface area contributed by atoms with Gasteiger partial charge in [-0.05, 0) is 48.7 Å².